The Morgan fingerprint density at radius 1 is 1.45 bits per heavy atom. The molecule has 1 aromatic rings. The highest BCUT2D eigenvalue weighted by Gasteiger charge is 1.93. The summed E-state index contributed by atoms with van der Waals surface area (Å²) in [6.45, 7) is 0. The number of methoxy groups -OCH3 is 1. The molecule has 1 N–H and O–H groups in total. The second-order valence-corrected chi connectivity index (χ2v) is 3.07. The second-order valence-electron chi connectivity index (χ2n) is 1.99. The highest BCUT2D eigenvalue weighted by Crippen LogP contribution is 2.19. The zero-order valence-electron chi connectivity index (χ0n) is 6.63. The molecule has 0 amide bonds. The molecule has 0 heterocycles. The van der Waals surface area contributed by atoms with Crippen LogP contribution in [0.5, 0.6) is 5.75 Å². The normalized spacial score (nSPS) is 9.64. The Balaban J connectivity index is 2.74. The Morgan fingerprint density at radius 2 is 2.27 bits per heavy atom. The Bertz CT molecular complexity index is 227. The highest BCUT2D eigenvalue weighted by atomic mass is 32.2. The van der Waals surface area contributed by atoms with Gasteiger partial charge in [-0.3, -0.25) is 4.72 Å². The Labute approximate surface area is 71.1 Å². The molecule has 0 bridgehead atoms. The molecule has 0 unspecified atom stereocenters. The minimum Gasteiger partial charge on any atom is -0.497 e. The topological polar surface area (TPSA) is 21.3 Å². The fourth-order valence-electron chi connectivity index (χ4n) is 0.783. The number of benzene rings is 1. The molecule has 0 fully saturated rings. The van der Waals surface area contributed by atoms with E-state index in [-0.39, 0.29) is 0 Å². The van der Waals surface area contributed by atoms with Gasteiger partial charge in [-0.2, -0.15) is 0 Å². The predicted molar refractivity (Wildman–Crippen MR) is 47.9 cm³/mol. The van der Waals surface area contributed by atoms with Crippen molar-refractivity contribution in [3.05, 3.63) is 24.3 Å². The average molecular weight is 169 g/mol. The molecule has 1 aromatic carbocycles. The molecule has 11 heavy (non-hydrogen) atoms. The third kappa shape index (κ3) is 2.44. The van der Waals surface area contributed by atoms with E-state index in [0.29, 0.717) is 0 Å². The summed E-state index contributed by atoms with van der Waals surface area (Å²) in [6.07, 6.45) is 0. The molecule has 3 heteroatoms. The van der Waals surface area contributed by atoms with E-state index < -0.39 is 0 Å². The minimum absolute atomic E-state index is 0.894. The summed E-state index contributed by atoms with van der Waals surface area (Å²) in [7, 11) is 3.56. The lowest BCUT2D eigenvalue weighted by atomic mass is 10.3. The molecule has 0 aliphatic carbocycles. The van der Waals surface area contributed by atoms with E-state index in [1.807, 2.05) is 31.3 Å². The van der Waals surface area contributed by atoms with Gasteiger partial charge in [-0.15, -0.1) is 0 Å². The van der Waals surface area contributed by atoms with Gasteiger partial charge in [0.25, 0.3) is 0 Å². The van der Waals surface area contributed by atoms with Crippen molar-refractivity contribution in [3.8, 4) is 5.75 Å². The third-order valence-corrected chi connectivity index (χ3v) is 1.95. The first kappa shape index (κ1) is 8.43. The lowest BCUT2D eigenvalue weighted by Gasteiger charge is -2.01. The maximum absolute atomic E-state index is 5.06. The summed E-state index contributed by atoms with van der Waals surface area (Å²) in [6, 6.07) is 7.92. The van der Waals surface area contributed by atoms with Gasteiger partial charge in [0.05, 0.1) is 7.11 Å². The molecule has 0 saturated carbocycles. The first-order valence-corrected chi connectivity index (χ1v) is 4.16. The van der Waals surface area contributed by atoms with Crippen LogP contribution in [-0.2, 0) is 0 Å². The van der Waals surface area contributed by atoms with Crippen LogP contribution < -0.4 is 9.46 Å². The largest absolute Gasteiger partial charge is 0.497 e. The molecule has 0 aliphatic rings. The molecule has 2 nitrogen and oxygen atoms in total. The molecule has 0 saturated heterocycles. The van der Waals surface area contributed by atoms with Gasteiger partial charge >= 0.3 is 0 Å². The molecule has 0 atom stereocenters. The lowest BCUT2D eigenvalue weighted by molar-refractivity contribution is 0.413. The Hall–Kier alpha value is -0.670. The van der Waals surface area contributed by atoms with Crippen molar-refractivity contribution in [2.24, 2.45) is 0 Å². The SMILES string of the molecule is CNSc1cccc(OC)c1. The summed E-state index contributed by atoms with van der Waals surface area (Å²) < 4.78 is 8.06. The average Bonchev–Trinajstić information content (AvgIpc) is 2.06. The van der Waals surface area contributed by atoms with Crippen LogP contribution in [0.25, 0.3) is 0 Å². The number of rotatable bonds is 3. The lowest BCUT2D eigenvalue weighted by Crippen LogP contribution is -1.90. The first-order valence-electron chi connectivity index (χ1n) is 3.34. The van der Waals surface area contributed by atoms with Gasteiger partial charge in [-0.05, 0) is 37.2 Å². The number of hydrogen-bond donors (Lipinski definition) is 1. The molecule has 0 radical (unpaired) electrons. The Morgan fingerprint density at radius 3 is 2.91 bits per heavy atom. The highest BCUT2D eigenvalue weighted by molar-refractivity contribution is 7.97. The second kappa shape index (κ2) is 4.26. The van der Waals surface area contributed by atoms with Gasteiger partial charge in [0, 0.05) is 4.90 Å². The maximum Gasteiger partial charge on any atom is 0.120 e. The standard InChI is InChI=1S/C8H11NOS/c1-9-11-8-5-3-4-7(6-8)10-2/h3-6,9H,1-2H3. The van der Waals surface area contributed by atoms with Gasteiger partial charge in [0.1, 0.15) is 5.75 Å². The molecule has 0 spiro atoms. The smallest absolute Gasteiger partial charge is 0.120 e. The zero-order valence-corrected chi connectivity index (χ0v) is 7.44. The monoisotopic (exact) mass is 169 g/mol. The van der Waals surface area contributed by atoms with Crippen LogP contribution in [0.15, 0.2) is 29.2 Å². The van der Waals surface area contributed by atoms with Crippen molar-refractivity contribution < 1.29 is 4.74 Å². The van der Waals surface area contributed by atoms with Crippen molar-refractivity contribution in [2.45, 2.75) is 4.90 Å². The maximum atomic E-state index is 5.06. The van der Waals surface area contributed by atoms with Crippen molar-refractivity contribution in [3.63, 3.8) is 0 Å². The Kier molecular flexibility index (Phi) is 3.26. The van der Waals surface area contributed by atoms with E-state index in [1.165, 1.54) is 0 Å². The number of hydrogen-bond acceptors (Lipinski definition) is 3. The van der Waals surface area contributed by atoms with Crippen molar-refractivity contribution in [2.75, 3.05) is 14.2 Å². The van der Waals surface area contributed by atoms with E-state index in [2.05, 4.69) is 4.72 Å². The molecular formula is C8H11NOS. The van der Waals surface area contributed by atoms with Crippen molar-refractivity contribution in [1.29, 1.82) is 0 Å². The quantitative estimate of drug-likeness (QED) is 0.698. The van der Waals surface area contributed by atoms with E-state index in [0.717, 1.165) is 10.6 Å². The van der Waals surface area contributed by atoms with Gasteiger partial charge in [0.2, 0.25) is 0 Å². The van der Waals surface area contributed by atoms with Crippen LogP contribution in [0.1, 0.15) is 0 Å². The van der Waals surface area contributed by atoms with E-state index >= 15 is 0 Å². The molecule has 60 valence electrons. The van der Waals surface area contributed by atoms with Crippen molar-refractivity contribution >= 4 is 11.9 Å². The van der Waals surface area contributed by atoms with Gasteiger partial charge in [0.15, 0.2) is 0 Å². The number of ether oxygens (including phenoxy) is 1. The molecular weight excluding hydrogens is 158 g/mol. The van der Waals surface area contributed by atoms with Gasteiger partial charge < -0.3 is 4.74 Å². The minimum atomic E-state index is 0.894. The first-order chi connectivity index (χ1) is 5.36. The fourth-order valence-corrected chi connectivity index (χ4v) is 1.34. The van der Waals surface area contributed by atoms with E-state index in [4.69, 9.17) is 4.74 Å². The zero-order chi connectivity index (χ0) is 8.10. The summed E-state index contributed by atoms with van der Waals surface area (Å²) in [5.74, 6) is 0.894. The van der Waals surface area contributed by atoms with Crippen LogP contribution in [-0.4, -0.2) is 14.2 Å². The van der Waals surface area contributed by atoms with Gasteiger partial charge in [-0.1, -0.05) is 6.07 Å². The summed E-state index contributed by atoms with van der Waals surface area (Å²) in [5.41, 5.74) is 0. The summed E-state index contributed by atoms with van der Waals surface area (Å²) in [4.78, 5) is 1.16. The molecule has 1 rings (SSSR count). The molecule has 0 aromatic heterocycles. The van der Waals surface area contributed by atoms with Crippen LogP contribution in [0.4, 0.5) is 0 Å². The third-order valence-electron chi connectivity index (χ3n) is 1.26. The van der Waals surface area contributed by atoms with Crippen molar-refractivity contribution in [1.82, 2.24) is 4.72 Å². The van der Waals surface area contributed by atoms with Crippen LogP contribution in [0, 0.1) is 0 Å². The van der Waals surface area contributed by atoms with E-state index in [1.54, 1.807) is 19.1 Å². The fraction of sp³-hybridized carbons (Fsp3) is 0.250. The summed E-state index contributed by atoms with van der Waals surface area (Å²) >= 11 is 1.57. The van der Waals surface area contributed by atoms with Gasteiger partial charge in [-0.25, -0.2) is 0 Å². The number of nitrogens with one attached hydrogen (secondary N) is 1. The van der Waals surface area contributed by atoms with Crippen LogP contribution in [0.3, 0.4) is 0 Å². The van der Waals surface area contributed by atoms with Crippen LogP contribution in [0.2, 0.25) is 0 Å². The van der Waals surface area contributed by atoms with E-state index in [9.17, 15) is 0 Å². The molecule has 0 aliphatic heterocycles. The van der Waals surface area contributed by atoms with Crippen LogP contribution >= 0.6 is 11.9 Å². The summed E-state index contributed by atoms with van der Waals surface area (Å²) in [5, 5.41) is 0. The predicted octanol–water partition coefficient (Wildman–Crippen LogP) is 1.92.